The highest BCUT2D eigenvalue weighted by atomic mass is 35.5. The predicted octanol–water partition coefficient (Wildman–Crippen LogP) is 1.12. The van der Waals surface area contributed by atoms with Crippen molar-refractivity contribution in [3.8, 4) is 0 Å². The topological polar surface area (TPSA) is 75.9 Å². The largest absolute Gasteiger partial charge is 0.383 e. The van der Waals surface area contributed by atoms with Crippen molar-refractivity contribution in [2.75, 3.05) is 30.7 Å². The quantitative estimate of drug-likeness (QED) is 0.692. The highest BCUT2D eigenvalue weighted by Crippen LogP contribution is 2.14. The number of aromatic nitrogens is 2. The summed E-state index contributed by atoms with van der Waals surface area (Å²) in [5.74, 6) is 1.58. The molecule has 6 heteroatoms. The zero-order valence-corrected chi connectivity index (χ0v) is 9.80. The minimum Gasteiger partial charge on any atom is -0.383 e. The van der Waals surface area contributed by atoms with Crippen molar-refractivity contribution in [3.05, 3.63) is 11.2 Å². The molecule has 0 bridgehead atoms. The third kappa shape index (κ3) is 3.21. The molecule has 5 nitrogen and oxygen atoms in total. The standard InChI is InChI=1S/C10H16ClN5/c11-8-5-9(12)16-10(15-8)14-6-7-1-3-13-4-2-7/h5,7,13H,1-4,6H2,(H3,12,14,15,16). The van der Waals surface area contributed by atoms with Crippen LogP contribution in [0.4, 0.5) is 11.8 Å². The van der Waals surface area contributed by atoms with Crippen LogP contribution in [0.1, 0.15) is 12.8 Å². The van der Waals surface area contributed by atoms with Crippen LogP contribution in [0.5, 0.6) is 0 Å². The molecule has 0 spiro atoms. The third-order valence-electron chi connectivity index (χ3n) is 2.72. The van der Waals surface area contributed by atoms with E-state index >= 15 is 0 Å². The van der Waals surface area contributed by atoms with E-state index in [1.807, 2.05) is 0 Å². The van der Waals surface area contributed by atoms with Gasteiger partial charge in [0.15, 0.2) is 0 Å². The fraction of sp³-hybridized carbons (Fsp3) is 0.600. The molecular formula is C10H16ClN5. The summed E-state index contributed by atoms with van der Waals surface area (Å²) < 4.78 is 0. The lowest BCUT2D eigenvalue weighted by molar-refractivity contribution is 0.389. The first-order valence-electron chi connectivity index (χ1n) is 5.48. The van der Waals surface area contributed by atoms with Crippen molar-refractivity contribution >= 4 is 23.4 Å². The van der Waals surface area contributed by atoms with Crippen LogP contribution in [0, 0.1) is 5.92 Å². The maximum absolute atomic E-state index is 5.79. The zero-order valence-electron chi connectivity index (χ0n) is 9.04. The minimum atomic E-state index is 0.375. The van der Waals surface area contributed by atoms with Crippen LogP contribution >= 0.6 is 11.6 Å². The Bertz CT molecular complexity index is 331. The van der Waals surface area contributed by atoms with Crippen molar-refractivity contribution in [1.82, 2.24) is 15.3 Å². The summed E-state index contributed by atoms with van der Waals surface area (Å²) in [6, 6.07) is 1.54. The van der Waals surface area contributed by atoms with Gasteiger partial charge >= 0.3 is 0 Å². The summed E-state index contributed by atoms with van der Waals surface area (Å²) in [4.78, 5) is 8.14. The highest BCUT2D eigenvalue weighted by Gasteiger charge is 2.13. The Kier molecular flexibility index (Phi) is 3.79. The van der Waals surface area contributed by atoms with Crippen LogP contribution in [0.3, 0.4) is 0 Å². The second-order valence-electron chi connectivity index (χ2n) is 4.01. The molecule has 1 aromatic rings. The van der Waals surface area contributed by atoms with Gasteiger partial charge < -0.3 is 16.4 Å². The number of anilines is 2. The van der Waals surface area contributed by atoms with Gasteiger partial charge in [-0.1, -0.05) is 11.6 Å². The van der Waals surface area contributed by atoms with Gasteiger partial charge in [-0.2, -0.15) is 4.98 Å². The van der Waals surface area contributed by atoms with Crippen molar-refractivity contribution in [2.45, 2.75) is 12.8 Å². The Morgan fingerprint density at radius 3 is 2.88 bits per heavy atom. The van der Waals surface area contributed by atoms with Crippen molar-refractivity contribution < 1.29 is 0 Å². The number of nitrogens with one attached hydrogen (secondary N) is 2. The number of hydrogen-bond acceptors (Lipinski definition) is 5. The van der Waals surface area contributed by atoms with E-state index in [2.05, 4.69) is 20.6 Å². The highest BCUT2D eigenvalue weighted by molar-refractivity contribution is 6.29. The van der Waals surface area contributed by atoms with Crippen molar-refractivity contribution in [1.29, 1.82) is 0 Å². The molecule has 0 radical (unpaired) electrons. The molecule has 16 heavy (non-hydrogen) atoms. The first kappa shape index (κ1) is 11.4. The molecule has 0 saturated carbocycles. The Balaban J connectivity index is 1.88. The summed E-state index contributed by atoms with van der Waals surface area (Å²) in [6.07, 6.45) is 2.37. The lowest BCUT2D eigenvalue weighted by Gasteiger charge is -2.22. The zero-order chi connectivity index (χ0) is 11.4. The van der Waals surface area contributed by atoms with Crippen molar-refractivity contribution in [2.24, 2.45) is 5.92 Å². The van der Waals surface area contributed by atoms with Crippen LogP contribution in [0.2, 0.25) is 5.15 Å². The van der Waals surface area contributed by atoms with Crippen molar-refractivity contribution in [3.63, 3.8) is 0 Å². The second-order valence-corrected chi connectivity index (χ2v) is 4.40. The van der Waals surface area contributed by atoms with Gasteiger partial charge in [0.1, 0.15) is 11.0 Å². The first-order chi connectivity index (χ1) is 7.74. The Morgan fingerprint density at radius 2 is 2.19 bits per heavy atom. The van der Waals surface area contributed by atoms with E-state index in [4.69, 9.17) is 17.3 Å². The van der Waals surface area contributed by atoms with Crippen LogP contribution in [-0.4, -0.2) is 29.6 Å². The maximum atomic E-state index is 5.79. The molecule has 2 heterocycles. The number of piperidine rings is 1. The molecule has 88 valence electrons. The molecule has 1 saturated heterocycles. The lowest BCUT2D eigenvalue weighted by Crippen LogP contribution is -2.31. The lowest BCUT2D eigenvalue weighted by atomic mass is 9.98. The number of nitrogens with two attached hydrogens (primary N) is 1. The molecule has 1 fully saturated rings. The van der Waals surface area contributed by atoms with Crippen LogP contribution in [-0.2, 0) is 0 Å². The molecule has 0 unspecified atom stereocenters. The molecule has 1 aliphatic heterocycles. The second kappa shape index (κ2) is 5.32. The average Bonchev–Trinajstić information content (AvgIpc) is 2.27. The van der Waals surface area contributed by atoms with E-state index in [1.54, 1.807) is 0 Å². The van der Waals surface area contributed by atoms with E-state index in [1.165, 1.54) is 18.9 Å². The number of hydrogen-bond donors (Lipinski definition) is 3. The molecule has 4 N–H and O–H groups in total. The molecule has 0 atom stereocenters. The van der Waals surface area contributed by atoms with Gasteiger partial charge in [0, 0.05) is 12.6 Å². The van der Waals surface area contributed by atoms with Gasteiger partial charge in [-0.25, -0.2) is 4.98 Å². The summed E-state index contributed by atoms with van der Waals surface area (Å²) >= 11 is 5.79. The summed E-state index contributed by atoms with van der Waals surface area (Å²) in [7, 11) is 0. The van der Waals surface area contributed by atoms with E-state index in [0.29, 0.717) is 22.8 Å². The Hall–Kier alpha value is -1.07. The van der Waals surface area contributed by atoms with Crippen LogP contribution in [0.25, 0.3) is 0 Å². The molecule has 0 aromatic carbocycles. The molecule has 0 aliphatic carbocycles. The maximum Gasteiger partial charge on any atom is 0.226 e. The Labute approximate surface area is 99.8 Å². The fourth-order valence-electron chi connectivity index (χ4n) is 1.84. The normalized spacial score (nSPS) is 17.3. The fourth-order valence-corrected chi connectivity index (χ4v) is 2.03. The molecular weight excluding hydrogens is 226 g/mol. The smallest absolute Gasteiger partial charge is 0.226 e. The predicted molar refractivity (Wildman–Crippen MR) is 65.5 cm³/mol. The summed E-state index contributed by atoms with van der Waals surface area (Å²) in [5.41, 5.74) is 5.58. The van der Waals surface area contributed by atoms with E-state index < -0.39 is 0 Å². The average molecular weight is 242 g/mol. The number of nitrogen functional groups attached to an aromatic ring is 1. The number of halogens is 1. The van der Waals surface area contributed by atoms with Gasteiger partial charge in [-0.15, -0.1) is 0 Å². The Morgan fingerprint density at radius 1 is 1.44 bits per heavy atom. The summed E-state index contributed by atoms with van der Waals surface area (Å²) in [5, 5.41) is 6.89. The number of nitrogens with zero attached hydrogens (tertiary/aromatic N) is 2. The molecule has 1 aromatic heterocycles. The van der Waals surface area contributed by atoms with E-state index in [-0.39, 0.29) is 0 Å². The summed E-state index contributed by atoms with van der Waals surface area (Å²) in [6.45, 7) is 3.05. The molecule has 0 amide bonds. The van der Waals surface area contributed by atoms with Gasteiger partial charge in [-0.3, -0.25) is 0 Å². The SMILES string of the molecule is Nc1cc(Cl)nc(NCC2CCNCC2)n1. The third-order valence-corrected chi connectivity index (χ3v) is 2.92. The van der Waals surface area contributed by atoms with Gasteiger partial charge in [0.05, 0.1) is 0 Å². The van der Waals surface area contributed by atoms with E-state index in [9.17, 15) is 0 Å². The molecule has 1 aliphatic rings. The van der Waals surface area contributed by atoms with Gasteiger partial charge in [0.2, 0.25) is 5.95 Å². The molecule has 2 rings (SSSR count). The van der Waals surface area contributed by atoms with Gasteiger partial charge in [-0.05, 0) is 31.8 Å². The van der Waals surface area contributed by atoms with Gasteiger partial charge in [0.25, 0.3) is 0 Å². The minimum absolute atomic E-state index is 0.375. The first-order valence-corrected chi connectivity index (χ1v) is 5.86. The van der Waals surface area contributed by atoms with Crippen LogP contribution in [0.15, 0.2) is 6.07 Å². The number of rotatable bonds is 3. The van der Waals surface area contributed by atoms with E-state index in [0.717, 1.165) is 19.6 Å². The monoisotopic (exact) mass is 241 g/mol. The van der Waals surface area contributed by atoms with Crippen LogP contribution < -0.4 is 16.4 Å².